The van der Waals surface area contributed by atoms with Crippen LogP contribution < -0.4 is 4.74 Å². The molecule has 1 aromatic rings. The molecule has 0 aliphatic heterocycles. The summed E-state index contributed by atoms with van der Waals surface area (Å²) in [5.41, 5.74) is 1.08. The molecule has 1 aromatic carbocycles. The number of alkyl halides is 1. The Morgan fingerprint density at radius 1 is 1.30 bits per heavy atom. The molecule has 0 aromatic heterocycles. The molecule has 0 saturated carbocycles. The molecule has 112 valence electrons. The maximum Gasteiger partial charge on any atom is 0.310 e. The van der Waals surface area contributed by atoms with Crippen LogP contribution in [0.4, 0.5) is 5.69 Å². The number of nitro groups is 1. The second-order valence-electron chi connectivity index (χ2n) is 5.66. The minimum Gasteiger partial charge on any atom is -0.484 e. The van der Waals surface area contributed by atoms with Crippen LogP contribution in [0.1, 0.15) is 39.7 Å². The van der Waals surface area contributed by atoms with Crippen molar-refractivity contribution in [2.45, 2.75) is 51.5 Å². The summed E-state index contributed by atoms with van der Waals surface area (Å²) in [6, 6.07) is 5.12. The van der Waals surface area contributed by atoms with E-state index in [-0.39, 0.29) is 11.8 Å². The Morgan fingerprint density at radius 3 is 2.45 bits per heavy atom. The van der Waals surface area contributed by atoms with Gasteiger partial charge in [-0.15, -0.1) is 0 Å². The molecule has 0 bridgehead atoms. The summed E-state index contributed by atoms with van der Waals surface area (Å²) >= 11 is 3.66. The van der Waals surface area contributed by atoms with Crippen LogP contribution in [-0.4, -0.2) is 15.9 Å². The van der Waals surface area contributed by atoms with E-state index in [4.69, 9.17) is 4.74 Å². The SMILES string of the molecule is CC(C)CC(Br)Cc1ccc([N+](=O)[O-])c(OC(C)C)c1. The van der Waals surface area contributed by atoms with Crippen molar-refractivity contribution >= 4 is 21.6 Å². The fourth-order valence-corrected chi connectivity index (χ4v) is 3.16. The maximum atomic E-state index is 11.0. The third-order valence-electron chi connectivity index (χ3n) is 2.77. The Balaban J connectivity index is 2.91. The van der Waals surface area contributed by atoms with Crippen molar-refractivity contribution in [1.29, 1.82) is 0 Å². The average Bonchev–Trinajstić information content (AvgIpc) is 2.26. The lowest BCUT2D eigenvalue weighted by Gasteiger charge is -2.14. The largest absolute Gasteiger partial charge is 0.484 e. The van der Waals surface area contributed by atoms with Crippen LogP contribution in [0.15, 0.2) is 18.2 Å². The van der Waals surface area contributed by atoms with Gasteiger partial charge < -0.3 is 4.74 Å². The van der Waals surface area contributed by atoms with Crippen LogP contribution in [-0.2, 0) is 6.42 Å². The third-order valence-corrected chi connectivity index (χ3v) is 3.47. The average molecular weight is 344 g/mol. The standard InChI is InChI=1S/C15H22BrNO3/c1-10(2)7-13(16)8-12-5-6-14(17(18)19)15(9-12)20-11(3)4/h5-6,9-11,13H,7-8H2,1-4H3. The Hall–Kier alpha value is -1.10. The fraction of sp³-hybridized carbons (Fsp3) is 0.600. The molecule has 0 saturated heterocycles. The normalized spacial score (nSPS) is 12.8. The number of halogens is 1. The van der Waals surface area contributed by atoms with Crippen molar-refractivity contribution in [1.82, 2.24) is 0 Å². The van der Waals surface area contributed by atoms with Gasteiger partial charge in [0, 0.05) is 10.9 Å². The second kappa shape index (κ2) is 7.62. The first-order chi connectivity index (χ1) is 9.29. The zero-order chi connectivity index (χ0) is 15.3. The van der Waals surface area contributed by atoms with Gasteiger partial charge in [-0.25, -0.2) is 0 Å². The summed E-state index contributed by atoms with van der Waals surface area (Å²) in [5, 5.41) is 11.0. The van der Waals surface area contributed by atoms with Gasteiger partial charge in [0.05, 0.1) is 11.0 Å². The molecule has 0 aliphatic rings. The summed E-state index contributed by atoms with van der Waals surface area (Å²) in [4.78, 5) is 11.0. The van der Waals surface area contributed by atoms with Gasteiger partial charge in [-0.1, -0.05) is 35.8 Å². The lowest BCUT2D eigenvalue weighted by atomic mass is 10.0. The van der Waals surface area contributed by atoms with Gasteiger partial charge in [-0.3, -0.25) is 10.1 Å². The first kappa shape index (κ1) is 17.0. The lowest BCUT2D eigenvalue weighted by molar-refractivity contribution is -0.386. The summed E-state index contributed by atoms with van der Waals surface area (Å²) in [6.45, 7) is 8.08. The number of rotatable bonds is 7. The second-order valence-corrected chi connectivity index (χ2v) is 6.95. The van der Waals surface area contributed by atoms with E-state index in [9.17, 15) is 10.1 Å². The molecule has 5 heteroatoms. The maximum absolute atomic E-state index is 11.0. The van der Waals surface area contributed by atoms with Gasteiger partial charge in [0.25, 0.3) is 0 Å². The molecule has 0 aliphatic carbocycles. The number of hydrogen-bond acceptors (Lipinski definition) is 3. The number of hydrogen-bond donors (Lipinski definition) is 0. The van der Waals surface area contributed by atoms with E-state index in [1.54, 1.807) is 12.1 Å². The van der Waals surface area contributed by atoms with Gasteiger partial charge in [0.1, 0.15) is 0 Å². The van der Waals surface area contributed by atoms with Crippen LogP contribution in [0.5, 0.6) is 5.75 Å². The zero-order valence-corrected chi connectivity index (χ0v) is 14.0. The smallest absolute Gasteiger partial charge is 0.310 e. The zero-order valence-electron chi connectivity index (χ0n) is 12.4. The van der Waals surface area contributed by atoms with Gasteiger partial charge >= 0.3 is 5.69 Å². The Labute approximate surface area is 128 Å². The first-order valence-electron chi connectivity index (χ1n) is 6.87. The fourth-order valence-electron chi connectivity index (χ4n) is 2.04. The molecule has 0 spiro atoms. The highest BCUT2D eigenvalue weighted by Gasteiger charge is 2.18. The Bertz CT molecular complexity index is 460. The molecule has 0 heterocycles. The molecule has 1 unspecified atom stereocenters. The molecule has 0 N–H and O–H groups in total. The van der Waals surface area contributed by atoms with Gasteiger partial charge in [-0.2, -0.15) is 0 Å². The van der Waals surface area contributed by atoms with Crippen molar-refractivity contribution in [3.63, 3.8) is 0 Å². The minimum atomic E-state index is -0.402. The van der Waals surface area contributed by atoms with Crippen molar-refractivity contribution in [2.75, 3.05) is 0 Å². The van der Waals surface area contributed by atoms with Crippen LogP contribution >= 0.6 is 15.9 Å². The number of nitro benzene ring substituents is 1. The quantitative estimate of drug-likeness (QED) is 0.408. The third kappa shape index (κ3) is 5.49. The first-order valence-corrected chi connectivity index (χ1v) is 7.79. The van der Waals surface area contributed by atoms with Crippen molar-refractivity contribution < 1.29 is 9.66 Å². The monoisotopic (exact) mass is 343 g/mol. The highest BCUT2D eigenvalue weighted by molar-refractivity contribution is 9.09. The van der Waals surface area contributed by atoms with E-state index < -0.39 is 4.92 Å². The van der Waals surface area contributed by atoms with Gasteiger partial charge in [0.2, 0.25) is 0 Å². The van der Waals surface area contributed by atoms with E-state index in [0.29, 0.717) is 16.5 Å². The minimum absolute atomic E-state index is 0.0254. The Morgan fingerprint density at radius 2 is 1.95 bits per heavy atom. The molecule has 20 heavy (non-hydrogen) atoms. The van der Waals surface area contributed by atoms with Crippen LogP contribution in [0.3, 0.4) is 0 Å². The summed E-state index contributed by atoms with van der Waals surface area (Å²) in [6.07, 6.45) is 1.82. The molecular weight excluding hydrogens is 322 g/mol. The topological polar surface area (TPSA) is 52.4 Å². The highest BCUT2D eigenvalue weighted by Crippen LogP contribution is 2.30. The lowest BCUT2D eigenvalue weighted by Crippen LogP contribution is -2.09. The molecule has 0 amide bonds. The van der Waals surface area contributed by atoms with E-state index in [1.807, 2.05) is 13.8 Å². The van der Waals surface area contributed by atoms with Crippen molar-refractivity contribution in [3.8, 4) is 5.75 Å². The van der Waals surface area contributed by atoms with Crippen molar-refractivity contribution in [2.24, 2.45) is 5.92 Å². The number of benzene rings is 1. The summed E-state index contributed by atoms with van der Waals surface area (Å²) < 4.78 is 5.55. The van der Waals surface area contributed by atoms with E-state index in [0.717, 1.165) is 18.4 Å². The predicted octanol–water partition coefficient (Wildman–Crippen LogP) is 4.73. The van der Waals surface area contributed by atoms with Crippen LogP contribution in [0.2, 0.25) is 0 Å². The van der Waals surface area contributed by atoms with Crippen molar-refractivity contribution in [3.05, 3.63) is 33.9 Å². The number of nitrogens with zero attached hydrogens (tertiary/aromatic N) is 1. The van der Waals surface area contributed by atoms with Crippen LogP contribution in [0.25, 0.3) is 0 Å². The van der Waals surface area contributed by atoms with E-state index >= 15 is 0 Å². The van der Waals surface area contributed by atoms with Crippen LogP contribution in [0, 0.1) is 16.0 Å². The Kier molecular flexibility index (Phi) is 6.46. The summed E-state index contributed by atoms with van der Waals surface area (Å²) in [7, 11) is 0. The predicted molar refractivity (Wildman–Crippen MR) is 84.7 cm³/mol. The van der Waals surface area contributed by atoms with Gasteiger partial charge in [0.15, 0.2) is 5.75 Å². The molecule has 1 rings (SSSR count). The molecule has 4 nitrogen and oxygen atoms in total. The highest BCUT2D eigenvalue weighted by atomic mass is 79.9. The van der Waals surface area contributed by atoms with Gasteiger partial charge in [-0.05, 0) is 44.2 Å². The molecular formula is C15H22BrNO3. The molecule has 0 radical (unpaired) electrons. The molecule has 0 fully saturated rings. The van der Waals surface area contributed by atoms with E-state index in [1.165, 1.54) is 6.07 Å². The summed E-state index contributed by atoms with van der Waals surface area (Å²) in [5.74, 6) is 0.968. The van der Waals surface area contributed by atoms with E-state index in [2.05, 4.69) is 29.8 Å². The molecule has 1 atom stereocenters. The number of ether oxygens (including phenoxy) is 1.